The van der Waals surface area contributed by atoms with Crippen LogP contribution in [0.3, 0.4) is 0 Å². The quantitative estimate of drug-likeness (QED) is 0.155. The van der Waals surface area contributed by atoms with Crippen molar-refractivity contribution < 1.29 is 4.42 Å². The number of rotatable bonds is 8. The third kappa shape index (κ3) is 5.78. The van der Waals surface area contributed by atoms with Crippen molar-refractivity contribution in [3.63, 3.8) is 0 Å². The second-order valence-corrected chi connectivity index (χ2v) is 14.6. The first-order valence-electron chi connectivity index (χ1n) is 19.7. The zero-order valence-corrected chi connectivity index (χ0v) is 31.6. The summed E-state index contributed by atoms with van der Waals surface area (Å²) >= 11 is 0. The second kappa shape index (κ2) is 14.0. The van der Waals surface area contributed by atoms with E-state index in [2.05, 4.69) is 239 Å². The average Bonchev–Trinajstić information content (AvgIpc) is 3.82. The molecule has 0 spiro atoms. The van der Waals surface area contributed by atoms with E-state index in [4.69, 9.17) is 4.42 Å². The molecule has 0 fully saturated rings. The zero-order valence-electron chi connectivity index (χ0n) is 31.6. The maximum atomic E-state index is 6.42. The monoisotopic (exact) mass is 743 g/mol. The molecule has 0 unspecified atom stereocenters. The maximum absolute atomic E-state index is 6.42. The minimum atomic E-state index is 0.872. The summed E-state index contributed by atoms with van der Waals surface area (Å²) < 4.78 is 8.83. The number of aromatic nitrogens is 1. The topological polar surface area (TPSA) is 24.6 Å². The smallest absolute Gasteiger partial charge is 0.135 e. The molecule has 0 aliphatic carbocycles. The summed E-state index contributed by atoms with van der Waals surface area (Å²) in [5, 5.41) is 4.52. The van der Waals surface area contributed by atoms with Crippen LogP contribution in [-0.2, 0) is 0 Å². The molecule has 0 aliphatic rings. The van der Waals surface area contributed by atoms with E-state index in [1.165, 1.54) is 11.1 Å². The van der Waals surface area contributed by atoms with E-state index in [1.54, 1.807) is 0 Å². The first-order valence-corrected chi connectivity index (χ1v) is 19.7. The number of anilines is 6. The number of nitrogens with zero attached hydrogens (tertiary/aromatic N) is 3. The fraction of sp³-hybridized carbons (Fsp3) is 0. The number of fused-ring (bicyclic) bond motifs is 6. The molecule has 0 N–H and O–H groups in total. The molecule has 274 valence electrons. The van der Waals surface area contributed by atoms with Crippen LogP contribution in [0.1, 0.15) is 0 Å². The molecule has 0 atom stereocenters. The van der Waals surface area contributed by atoms with E-state index in [0.717, 1.165) is 83.6 Å². The molecular weight excluding hydrogens is 707 g/mol. The number of hydrogen-bond donors (Lipinski definition) is 0. The van der Waals surface area contributed by atoms with Gasteiger partial charge in [-0.25, -0.2) is 0 Å². The third-order valence-electron chi connectivity index (χ3n) is 11.1. The molecule has 0 saturated carbocycles. The average molecular weight is 744 g/mol. The van der Waals surface area contributed by atoms with Gasteiger partial charge in [0.2, 0.25) is 0 Å². The van der Waals surface area contributed by atoms with Gasteiger partial charge in [-0.2, -0.15) is 0 Å². The lowest BCUT2D eigenvalue weighted by molar-refractivity contribution is 0.669. The highest BCUT2D eigenvalue weighted by atomic mass is 16.3. The largest absolute Gasteiger partial charge is 0.456 e. The lowest BCUT2D eigenvalue weighted by Crippen LogP contribution is -2.09. The highest BCUT2D eigenvalue weighted by Gasteiger charge is 2.21. The number of benzene rings is 9. The van der Waals surface area contributed by atoms with Gasteiger partial charge in [-0.15, -0.1) is 0 Å². The molecule has 0 saturated heterocycles. The van der Waals surface area contributed by atoms with E-state index < -0.39 is 0 Å². The fourth-order valence-corrected chi connectivity index (χ4v) is 8.47. The van der Waals surface area contributed by atoms with E-state index in [1.807, 2.05) is 0 Å². The van der Waals surface area contributed by atoms with Crippen molar-refractivity contribution in [2.45, 2.75) is 0 Å². The first kappa shape index (κ1) is 33.5. The van der Waals surface area contributed by atoms with E-state index in [0.29, 0.717) is 0 Å². The van der Waals surface area contributed by atoms with Gasteiger partial charge in [0.05, 0.1) is 11.0 Å². The standard InChI is InChI=1S/C54H37N3O/c1-6-16-38(17-7-1)39-26-32-53-49(34-39)50-37-46(29-33-54(50)58-53)57-51-30-27-44(55(40-18-8-2-9-19-40)41-20-10-3-11-21-41)35-47(51)48-36-45(28-31-52(48)57)56(42-22-12-4-13-23-42)43-24-14-5-15-25-43/h1-37H. The number of para-hydroxylation sites is 4. The van der Waals surface area contributed by atoms with Crippen molar-refractivity contribution in [3.05, 3.63) is 224 Å². The minimum Gasteiger partial charge on any atom is -0.456 e. The number of hydrogen-bond acceptors (Lipinski definition) is 3. The Hall–Kier alpha value is -7.82. The highest BCUT2D eigenvalue weighted by molar-refractivity contribution is 6.13. The van der Waals surface area contributed by atoms with Gasteiger partial charge in [0.1, 0.15) is 11.2 Å². The van der Waals surface area contributed by atoms with Crippen LogP contribution in [0.4, 0.5) is 34.1 Å². The molecule has 0 aliphatic heterocycles. The summed E-state index contributed by atoms with van der Waals surface area (Å²) in [4.78, 5) is 4.67. The Bertz CT molecular complexity index is 2990. The Morgan fingerprint density at radius 3 is 1.17 bits per heavy atom. The van der Waals surface area contributed by atoms with Crippen molar-refractivity contribution in [2.75, 3.05) is 9.80 Å². The predicted molar refractivity (Wildman–Crippen MR) is 243 cm³/mol. The normalized spacial score (nSPS) is 11.4. The molecular formula is C54H37N3O. The molecule has 4 heteroatoms. The summed E-state index contributed by atoms with van der Waals surface area (Å²) in [6.45, 7) is 0. The molecule has 0 radical (unpaired) electrons. The van der Waals surface area contributed by atoms with Gasteiger partial charge in [-0.3, -0.25) is 0 Å². The van der Waals surface area contributed by atoms with Crippen molar-refractivity contribution in [1.29, 1.82) is 0 Å². The van der Waals surface area contributed by atoms with E-state index in [9.17, 15) is 0 Å². The van der Waals surface area contributed by atoms with E-state index in [-0.39, 0.29) is 0 Å². The van der Waals surface area contributed by atoms with Crippen LogP contribution >= 0.6 is 0 Å². The van der Waals surface area contributed by atoms with Crippen LogP contribution < -0.4 is 9.80 Å². The predicted octanol–water partition coefficient (Wildman–Crippen LogP) is 15.3. The SMILES string of the molecule is c1ccc(-c2ccc3oc4ccc(-n5c6ccc(N(c7ccccc7)c7ccccc7)cc6c6cc(N(c7ccccc7)c7ccccc7)ccc65)cc4c3c2)cc1. The van der Waals surface area contributed by atoms with Crippen molar-refractivity contribution in [2.24, 2.45) is 0 Å². The number of furan rings is 1. The molecule has 9 aromatic carbocycles. The molecule has 0 bridgehead atoms. The Morgan fingerprint density at radius 1 is 0.293 bits per heavy atom. The Labute approximate surface area is 336 Å². The van der Waals surface area contributed by atoms with Gasteiger partial charge in [0.15, 0.2) is 0 Å². The molecule has 2 heterocycles. The van der Waals surface area contributed by atoms with Gasteiger partial charge in [0, 0.05) is 61.4 Å². The van der Waals surface area contributed by atoms with Gasteiger partial charge in [-0.05, 0) is 126 Å². The van der Waals surface area contributed by atoms with Crippen LogP contribution in [0.5, 0.6) is 0 Å². The maximum Gasteiger partial charge on any atom is 0.135 e. The van der Waals surface area contributed by atoms with Crippen LogP contribution in [0.2, 0.25) is 0 Å². The summed E-state index contributed by atoms with van der Waals surface area (Å²) in [7, 11) is 0. The third-order valence-corrected chi connectivity index (χ3v) is 11.1. The van der Waals surface area contributed by atoms with Crippen molar-refractivity contribution >= 4 is 77.9 Å². The molecule has 11 aromatic rings. The Morgan fingerprint density at radius 2 is 0.707 bits per heavy atom. The van der Waals surface area contributed by atoms with Crippen molar-refractivity contribution in [1.82, 2.24) is 4.57 Å². The highest BCUT2D eigenvalue weighted by Crippen LogP contribution is 2.43. The van der Waals surface area contributed by atoms with Crippen LogP contribution in [0.25, 0.3) is 60.6 Å². The van der Waals surface area contributed by atoms with Crippen LogP contribution in [-0.4, -0.2) is 4.57 Å². The lowest BCUT2D eigenvalue weighted by atomic mass is 10.0. The van der Waals surface area contributed by atoms with Crippen LogP contribution in [0, 0.1) is 0 Å². The Balaban J connectivity index is 1.16. The molecule has 0 amide bonds. The zero-order chi connectivity index (χ0) is 38.4. The lowest BCUT2D eigenvalue weighted by Gasteiger charge is -2.26. The Kier molecular flexibility index (Phi) is 8.11. The van der Waals surface area contributed by atoms with E-state index >= 15 is 0 Å². The van der Waals surface area contributed by atoms with Crippen LogP contribution in [0.15, 0.2) is 229 Å². The van der Waals surface area contributed by atoms with Gasteiger partial charge in [0.25, 0.3) is 0 Å². The molecule has 58 heavy (non-hydrogen) atoms. The molecule has 4 nitrogen and oxygen atoms in total. The summed E-state index contributed by atoms with van der Waals surface area (Å²) in [6, 6.07) is 79.8. The molecule has 11 rings (SSSR count). The van der Waals surface area contributed by atoms with Crippen molar-refractivity contribution in [3.8, 4) is 16.8 Å². The summed E-state index contributed by atoms with van der Waals surface area (Å²) in [5.41, 5.74) is 14.0. The first-order chi connectivity index (χ1) is 28.8. The molecule has 2 aromatic heterocycles. The van der Waals surface area contributed by atoms with Gasteiger partial charge < -0.3 is 18.8 Å². The minimum absolute atomic E-state index is 0.872. The van der Waals surface area contributed by atoms with Gasteiger partial charge in [-0.1, -0.05) is 109 Å². The summed E-state index contributed by atoms with van der Waals surface area (Å²) in [5.74, 6) is 0. The van der Waals surface area contributed by atoms with Gasteiger partial charge >= 0.3 is 0 Å². The summed E-state index contributed by atoms with van der Waals surface area (Å²) in [6.07, 6.45) is 0. The fourth-order valence-electron chi connectivity index (χ4n) is 8.47. The second-order valence-electron chi connectivity index (χ2n) is 14.6.